The van der Waals surface area contributed by atoms with Gasteiger partial charge in [0.25, 0.3) is 0 Å². The van der Waals surface area contributed by atoms with Gasteiger partial charge in [-0.3, -0.25) is 9.80 Å². The molecule has 2 aliphatic rings. The van der Waals surface area contributed by atoms with Gasteiger partial charge < -0.3 is 16.0 Å². The van der Waals surface area contributed by atoms with E-state index in [0.717, 1.165) is 43.5 Å². The highest BCUT2D eigenvalue weighted by Gasteiger charge is 2.36. The molecular formula is C23H25Cl2F3N6. The van der Waals surface area contributed by atoms with Gasteiger partial charge in [0.15, 0.2) is 5.69 Å². The van der Waals surface area contributed by atoms with Gasteiger partial charge in [-0.15, -0.1) is 0 Å². The van der Waals surface area contributed by atoms with Crippen molar-refractivity contribution in [3.8, 4) is 0 Å². The van der Waals surface area contributed by atoms with E-state index >= 15 is 0 Å². The summed E-state index contributed by atoms with van der Waals surface area (Å²) in [4.78, 5) is 12.0. The van der Waals surface area contributed by atoms with E-state index in [1.165, 1.54) is 23.4 Å². The smallest absolute Gasteiger partial charge is 0.369 e. The number of alkyl halides is 3. The maximum Gasteiger partial charge on any atom is 0.434 e. The molecule has 3 aromatic rings. The standard InChI is InChI=1S/C23H25Cl2F3N6/c24-13-1-3-18-16(9-13)15-5-7-34(19(21(15)31-18)12-33-10-14(29)11-33)8-6-30-20-4-2-17(25)22(32-20)23(26,27)28/h1-4,9,14,19,31H,5-8,10-12,29H2,(H,30,32). The van der Waals surface area contributed by atoms with E-state index < -0.39 is 16.9 Å². The van der Waals surface area contributed by atoms with Crippen LogP contribution in [0, 0.1) is 0 Å². The lowest BCUT2D eigenvalue weighted by Crippen LogP contribution is -2.58. The lowest BCUT2D eigenvalue weighted by Gasteiger charge is -2.43. The predicted molar refractivity (Wildman–Crippen MR) is 128 cm³/mol. The van der Waals surface area contributed by atoms with Crippen LogP contribution >= 0.6 is 23.2 Å². The number of hydrogen-bond acceptors (Lipinski definition) is 5. The molecule has 0 saturated carbocycles. The summed E-state index contributed by atoms with van der Waals surface area (Å²) in [5.74, 6) is 0.153. The summed E-state index contributed by atoms with van der Waals surface area (Å²) in [6.45, 7) is 4.48. The first-order valence-corrected chi connectivity index (χ1v) is 11.9. The Balaban J connectivity index is 1.33. The Hall–Kier alpha value is -2.04. The van der Waals surface area contributed by atoms with E-state index in [9.17, 15) is 13.2 Å². The summed E-state index contributed by atoms with van der Waals surface area (Å²) in [6.07, 6.45) is -3.73. The van der Waals surface area contributed by atoms with Gasteiger partial charge in [-0.2, -0.15) is 13.2 Å². The number of nitrogens with zero attached hydrogens (tertiary/aromatic N) is 3. The van der Waals surface area contributed by atoms with Gasteiger partial charge in [0.05, 0.1) is 11.1 Å². The zero-order chi connectivity index (χ0) is 24.0. The summed E-state index contributed by atoms with van der Waals surface area (Å²) < 4.78 is 39.4. The average molecular weight is 513 g/mol. The SMILES string of the molecule is NC1CN(CC2c3[nH]c4ccc(Cl)cc4c3CCN2CCNc2ccc(Cl)c(C(F)(F)F)n2)C1. The molecule has 2 aliphatic heterocycles. The molecule has 1 aromatic carbocycles. The zero-order valence-electron chi connectivity index (χ0n) is 18.3. The number of halogens is 5. The third-order valence-electron chi connectivity index (χ3n) is 6.56. The zero-order valence-corrected chi connectivity index (χ0v) is 19.8. The summed E-state index contributed by atoms with van der Waals surface area (Å²) in [5.41, 5.74) is 8.43. The monoisotopic (exact) mass is 512 g/mol. The van der Waals surface area contributed by atoms with Crippen molar-refractivity contribution in [3.05, 3.63) is 57.3 Å². The van der Waals surface area contributed by atoms with Crippen LogP contribution < -0.4 is 11.1 Å². The molecule has 0 bridgehead atoms. The van der Waals surface area contributed by atoms with Crippen molar-refractivity contribution in [1.29, 1.82) is 0 Å². The second kappa shape index (κ2) is 9.20. The van der Waals surface area contributed by atoms with Crippen LogP contribution in [0.5, 0.6) is 0 Å². The number of nitrogens with one attached hydrogen (secondary N) is 2. The first-order chi connectivity index (χ1) is 16.2. The van der Waals surface area contributed by atoms with Crippen molar-refractivity contribution in [1.82, 2.24) is 19.8 Å². The summed E-state index contributed by atoms with van der Waals surface area (Å²) in [7, 11) is 0. The molecule has 6 nitrogen and oxygen atoms in total. The molecule has 4 heterocycles. The number of rotatable bonds is 6. The Morgan fingerprint density at radius 3 is 2.71 bits per heavy atom. The largest absolute Gasteiger partial charge is 0.434 e. The number of likely N-dealkylation sites (tertiary alicyclic amines) is 1. The summed E-state index contributed by atoms with van der Waals surface area (Å²) >= 11 is 11.9. The predicted octanol–water partition coefficient (Wildman–Crippen LogP) is 4.54. The van der Waals surface area contributed by atoms with Crippen LogP contribution in [0.4, 0.5) is 19.0 Å². The van der Waals surface area contributed by atoms with Crippen molar-refractivity contribution in [2.45, 2.75) is 24.7 Å². The minimum Gasteiger partial charge on any atom is -0.369 e. The number of aromatic nitrogens is 2. The van der Waals surface area contributed by atoms with E-state index in [2.05, 4.69) is 25.1 Å². The number of H-pyrrole nitrogens is 1. The van der Waals surface area contributed by atoms with Crippen LogP contribution in [0.2, 0.25) is 10.0 Å². The number of benzene rings is 1. The second-order valence-electron chi connectivity index (χ2n) is 8.94. The number of aromatic amines is 1. The van der Waals surface area contributed by atoms with E-state index in [-0.39, 0.29) is 17.9 Å². The van der Waals surface area contributed by atoms with Crippen LogP contribution in [-0.2, 0) is 12.6 Å². The molecule has 0 aliphatic carbocycles. The molecule has 1 unspecified atom stereocenters. The average Bonchev–Trinajstić information content (AvgIpc) is 3.12. The summed E-state index contributed by atoms with van der Waals surface area (Å²) in [5, 5.41) is 4.47. The van der Waals surface area contributed by atoms with E-state index in [1.807, 2.05) is 18.2 Å². The normalized spacial score (nSPS) is 19.9. The van der Waals surface area contributed by atoms with Crippen molar-refractivity contribution in [2.24, 2.45) is 5.73 Å². The Kier molecular flexibility index (Phi) is 6.41. The number of hydrogen-bond donors (Lipinski definition) is 3. The van der Waals surface area contributed by atoms with Crippen molar-refractivity contribution in [2.75, 3.05) is 44.6 Å². The molecule has 11 heteroatoms. The number of fused-ring (bicyclic) bond motifs is 3. The van der Waals surface area contributed by atoms with Crippen molar-refractivity contribution in [3.63, 3.8) is 0 Å². The quantitative estimate of drug-likeness (QED) is 0.452. The molecule has 5 rings (SSSR count). The first-order valence-electron chi connectivity index (χ1n) is 11.2. The molecule has 0 amide bonds. The fraction of sp³-hybridized carbons (Fsp3) is 0.435. The first kappa shape index (κ1) is 23.7. The van der Waals surface area contributed by atoms with Crippen molar-refractivity contribution >= 4 is 39.9 Å². The van der Waals surface area contributed by atoms with Gasteiger partial charge in [-0.1, -0.05) is 23.2 Å². The molecule has 34 heavy (non-hydrogen) atoms. The topological polar surface area (TPSA) is 73.2 Å². The molecule has 4 N–H and O–H groups in total. The van der Waals surface area contributed by atoms with Gasteiger partial charge in [0.2, 0.25) is 0 Å². The number of nitrogens with two attached hydrogens (primary N) is 1. The highest BCUT2D eigenvalue weighted by molar-refractivity contribution is 6.31. The maximum atomic E-state index is 13.1. The molecule has 1 atom stereocenters. The van der Waals surface area contributed by atoms with Gasteiger partial charge >= 0.3 is 6.18 Å². The number of anilines is 1. The second-order valence-corrected chi connectivity index (χ2v) is 9.78. The minimum atomic E-state index is -4.60. The Labute approximate surface area is 205 Å². The Morgan fingerprint density at radius 2 is 1.97 bits per heavy atom. The lowest BCUT2D eigenvalue weighted by atomic mass is 9.95. The van der Waals surface area contributed by atoms with Crippen LogP contribution in [0.3, 0.4) is 0 Å². The van der Waals surface area contributed by atoms with E-state index in [0.29, 0.717) is 18.1 Å². The van der Waals surface area contributed by atoms with Crippen LogP contribution in [0.15, 0.2) is 30.3 Å². The Bertz CT molecular complexity index is 1190. The molecule has 1 saturated heterocycles. The van der Waals surface area contributed by atoms with Crippen LogP contribution in [-0.4, -0.2) is 65.1 Å². The molecule has 2 aromatic heterocycles. The van der Waals surface area contributed by atoms with Gasteiger partial charge in [0, 0.05) is 66.9 Å². The highest BCUT2D eigenvalue weighted by Crippen LogP contribution is 2.37. The van der Waals surface area contributed by atoms with Crippen LogP contribution in [0.25, 0.3) is 10.9 Å². The van der Waals surface area contributed by atoms with E-state index in [1.54, 1.807) is 0 Å². The van der Waals surface area contributed by atoms with E-state index in [4.69, 9.17) is 28.9 Å². The number of pyridine rings is 1. The molecule has 0 spiro atoms. The van der Waals surface area contributed by atoms with Crippen molar-refractivity contribution < 1.29 is 13.2 Å². The van der Waals surface area contributed by atoms with Gasteiger partial charge in [0.1, 0.15) is 5.82 Å². The fourth-order valence-corrected chi connectivity index (χ4v) is 5.32. The molecule has 0 radical (unpaired) electrons. The maximum absolute atomic E-state index is 13.1. The third kappa shape index (κ3) is 4.72. The lowest BCUT2D eigenvalue weighted by molar-refractivity contribution is -0.141. The summed E-state index contributed by atoms with van der Waals surface area (Å²) in [6, 6.07) is 8.90. The minimum absolute atomic E-state index is 0.119. The third-order valence-corrected chi connectivity index (χ3v) is 7.10. The van der Waals surface area contributed by atoms with Gasteiger partial charge in [-0.05, 0) is 42.3 Å². The molecule has 182 valence electrons. The highest BCUT2D eigenvalue weighted by atomic mass is 35.5. The van der Waals surface area contributed by atoms with Crippen LogP contribution in [0.1, 0.15) is 23.0 Å². The fourth-order valence-electron chi connectivity index (χ4n) is 4.93. The Morgan fingerprint density at radius 1 is 1.18 bits per heavy atom. The molecular weight excluding hydrogens is 488 g/mol. The molecule has 1 fully saturated rings. The van der Waals surface area contributed by atoms with Gasteiger partial charge in [-0.25, -0.2) is 4.98 Å².